The number of hydrogen-bond donors (Lipinski definition) is 0. The Morgan fingerprint density at radius 2 is 1.93 bits per heavy atom. The van der Waals surface area contributed by atoms with E-state index >= 15 is 0 Å². The third kappa shape index (κ3) is 5.72. The lowest BCUT2D eigenvalue weighted by Crippen LogP contribution is -2.43. The number of hydrogen-bond acceptors (Lipinski definition) is 5. The molecule has 0 unspecified atom stereocenters. The molecule has 0 atom stereocenters. The van der Waals surface area contributed by atoms with Gasteiger partial charge in [0, 0.05) is 41.5 Å². The second-order valence-electron chi connectivity index (χ2n) is 7.53. The maximum Gasteiger partial charge on any atom is 0.410 e. The van der Waals surface area contributed by atoms with E-state index in [0.29, 0.717) is 25.9 Å². The predicted molar refractivity (Wildman–Crippen MR) is 100.0 cm³/mol. The van der Waals surface area contributed by atoms with Crippen LogP contribution in [0.25, 0.3) is 0 Å². The van der Waals surface area contributed by atoms with Gasteiger partial charge in [-0.15, -0.1) is 0 Å². The Kier molecular flexibility index (Phi) is 6.56. The highest BCUT2D eigenvalue weighted by molar-refractivity contribution is 9.10. The van der Waals surface area contributed by atoms with Crippen LogP contribution in [0.2, 0.25) is 0 Å². The highest BCUT2D eigenvalue weighted by Gasteiger charge is 2.30. The molecule has 1 heterocycles. The van der Waals surface area contributed by atoms with E-state index in [-0.39, 0.29) is 33.8 Å². The minimum Gasteiger partial charge on any atom is -0.444 e. The summed E-state index contributed by atoms with van der Waals surface area (Å²) in [6, 6.07) is 2.01. The van der Waals surface area contributed by atoms with E-state index in [1.54, 1.807) is 25.7 Å². The highest BCUT2D eigenvalue weighted by Crippen LogP contribution is 2.29. The quantitative estimate of drug-likeness (QED) is 0.511. The molecule has 1 aromatic rings. The molecule has 148 valence electrons. The first-order valence-electron chi connectivity index (χ1n) is 8.61. The average molecular weight is 445 g/mol. The molecular weight excluding hydrogens is 423 g/mol. The van der Waals surface area contributed by atoms with E-state index in [2.05, 4.69) is 15.9 Å². The Morgan fingerprint density at radius 1 is 1.33 bits per heavy atom. The van der Waals surface area contributed by atoms with Crippen LogP contribution in [0.5, 0.6) is 0 Å². The molecule has 2 rings (SSSR count). The summed E-state index contributed by atoms with van der Waals surface area (Å²) >= 11 is 3.11. The first-order valence-corrected chi connectivity index (χ1v) is 9.40. The number of likely N-dealkylation sites (tertiary alicyclic amines) is 1. The number of rotatable bonds is 4. The summed E-state index contributed by atoms with van der Waals surface area (Å²) in [5.74, 6) is -1.21. The van der Waals surface area contributed by atoms with Crippen LogP contribution in [0, 0.1) is 21.8 Å². The second kappa shape index (κ2) is 8.33. The smallest absolute Gasteiger partial charge is 0.410 e. The van der Waals surface area contributed by atoms with Crippen molar-refractivity contribution >= 4 is 33.5 Å². The van der Waals surface area contributed by atoms with Crippen LogP contribution in [0.15, 0.2) is 16.6 Å². The second-order valence-corrected chi connectivity index (χ2v) is 8.38. The Bertz CT molecular complexity index is 732. The molecule has 1 aliphatic heterocycles. The fraction of sp³-hybridized carbons (Fsp3) is 0.556. The lowest BCUT2D eigenvalue weighted by molar-refractivity contribution is -0.385. The van der Waals surface area contributed by atoms with Gasteiger partial charge in [0.2, 0.25) is 0 Å². The zero-order valence-corrected chi connectivity index (χ0v) is 17.0. The molecule has 0 saturated carbocycles. The van der Waals surface area contributed by atoms with Gasteiger partial charge in [-0.25, -0.2) is 9.18 Å². The topological polar surface area (TPSA) is 89.8 Å². The first-order chi connectivity index (χ1) is 12.5. The summed E-state index contributed by atoms with van der Waals surface area (Å²) in [7, 11) is 0. The molecule has 1 aromatic carbocycles. The van der Waals surface area contributed by atoms with Crippen molar-refractivity contribution in [3.05, 3.63) is 38.1 Å². The van der Waals surface area contributed by atoms with Crippen LogP contribution >= 0.6 is 15.9 Å². The largest absolute Gasteiger partial charge is 0.444 e. The fourth-order valence-corrected chi connectivity index (χ4v) is 3.46. The van der Waals surface area contributed by atoms with Crippen molar-refractivity contribution in [2.45, 2.75) is 45.6 Å². The Hall–Kier alpha value is -2.03. The summed E-state index contributed by atoms with van der Waals surface area (Å²) < 4.78 is 19.7. The molecule has 7 nitrogen and oxygen atoms in total. The molecule has 1 aliphatic rings. The maximum atomic E-state index is 14.2. The standard InChI is InChI=1S/C18H22BrFN2O5/c1-18(2,3)27-17(24)21-6-4-11(5-7-21)16(23)10-13-14(19)8-12(22(25)26)9-15(13)20/h8-9,11H,4-7,10H2,1-3H3. The number of carbonyl (C=O) groups excluding carboxylic acids is 2. The van der Waals surface area contributed by atoms with E-state index in [1.165, 1.54) is 6.07 Å². The molecule has 1 saturated heterocycles. The number of benzene rings is 1. The summed E-state index contributed by atoms with van der Waals surface area (Å²) in [6.07, 6.45) is 0.397. The van der Waals surface area contributed by atoms with Gasteiger partial charge in [-0.05, 0) is 33.6 Å². The van der Waals surface area contributed by atoms with Crippen LogP contribution in [0.4, 0.5) is 14.9 Å². The number of carbonyl (C=O) groups is 2. The van der Waals surface area contributed by atoms with Crippen LogP contribution < -0.4 is 0 Å². The monoisotopic (exact) mass is 444 g/mol. The van der Waals surface area contributed by atoms with E-state index in [9.17, 15) is 24.1 Å². The molecule has 1 fully saturated rings. The van der Waals surface area contributed by atoms with Crippen LogP contribution in [0.1, 0.15) is 39.2 Å². The van der Waals surface area contributed by atoms with Crippen LogP contribution in [-0.2, 0) is 16.0 Å². The summed E-state index contributed by atoms with van der Waals surface area (Å²) in [4.78, 5) is 36.3. The lowest BCUT2D eigenvalue weighted by Gasteiger charge is -2.33. The first kappa shape index (κ1) is 21.3. The van der Waals surface area contributed by atoms with Crippen molar-refractivity contribution in [2.24, 2.45) is 5.92 Å². The number of nitro groups is 1. The molecule has 0 radical (unpaired) electrons. The van der Waals surface area contributed by atoms with Crippen molar-refractivity contribution in [3.8, 4) is 0 Å². The van der Waals surface area contributed by atoms with Gasteiger partial charge in [-0.3, -0.25) is 14.9 Å². The molecule has 0 aliphatic carbocycles. The number of ether oxygens (including phenoxy) is 1. The molecule has 0 aromatic heterocycles. The molecule has 9 heteroatoms. The lowest BCUT2D eigenvalue weighted by atomic mass is 9.89. The highest BCUT2D eigenvalue weighted by atomic mass is 79.9. The number of Topliss-reactive ketones (excluding diaryl/α,β-unsaturated/α-hetero) is 1. The number of non-ortho nitro benzene ring substituents is 1. The molecule has 0 spiro atoms. The van der Waals surface area contributed by atoms with Gasteiger partial charge in [0.05, 0.1) is 11.0 Å². The minimum absolute atomic E-state index is 0.111. The number of nitrogens with zero attached hydrogens (tertiary/aromatic N) is 2. The fourth-order valence-electron chi connectivity index (χ4n) is 2.89. The van der Waals surface area contributed by atoms with Crippen molar-refractivity contribution < 1.29 is 23.6 Å². The van der Waals surface area contributed by atoms with Crippen LogP contribution in [0.3, 0.4) is 0 Å². The third-order valence-electron chi connectivity index (χ3n) is 4.29. The number of halogens is 2. The summed E-state index contributed by atoms with van der Waals surface area (Å²) in [5, 5.41) is 10.8. The molecule has 1 amide bonds. The molecule has 0 N–H and O–H groups in total. The predicted octanol–water partition coefficient (Wildman–Crippen LogP) is 4.26. The minimum atomic E-state index is -0.782. The van der Waals surface area contributed by atoms with Gasteiger partial charge in [-0.2, -0.15) is 0 Å². The maximum absolute atomic E-state index is 14.2. The van der Waals surface area contributed by atoms with Crippen molar-refractivity contribution in [3.63, 3.8) is 0 Å². The summed E-state index contributed by atoms with van der Waals surface area (Å²) in [6.45, 7) is 6.16. The van der Waals surface area contributed by atoms with Gasteiger partial charge in [0.1, 0.15) is 17.2 Å². The Labute approximate surface area is 165 Å². The van der Waals surface area contributed by atoms with Crippen molar-refractivity contribution in [2.75, 3.05) is 13.1 Å². The van der Waals surface area contributed by atoms with Gasteiger partial charge in [0.15, 0.2) is 0 Å². The van der Waals surface area contributed by atoms with E-state index in [1.807, 2.05) is 0 Å². The average Bonchev–Trinajstić information content (AvgIpc) is 2.56. The molecular formula is C18H22BrFN2O5. The van der Waals surface area contributed by atoms with E-state index < -0.39 is 22.4 Å². The zero-order chi connectivity index (χ0) is 20.4. The normalized spacial score (nSPS) is 15.5. The number of ketones is 1. The van der Waals surface area contributed by atoms with Crippen LogP contribution in [-0.4, -0.2) is 40.4 Å². The third-order valence-corrected chi connectivity index (χ3v) is 5.00. The van der Waals surface area contributed by atoms with Gasteiger partial charge >= 0.3 is 6.09 Å². The molecule has 0 bridgehead atoms. The number of piperidine rings is 1. The van der Waals surface area contributed by atoms with Gasteiger partial charge < -0.3 is 9.64 Å². The van der Waals surface area contributed by atoms with Gasteiger partial charge in [-0.1, -0.05) is 15.9 Å². The van der Waals surface area contributed by atoms with E-state index in [4.69, 9.17) is 4.74 Å². The van der Waals surface area contributed by atoms with Crippen molar-refractivity contribution in [1.82, 2.24) is 4.90 Å². The Morgan fingerprint density at radius 3 is 2.41 bits per heavy atom. The zero-order valence-electron chi connectivity index (χ0n) is 15.5. The number of nitro benzene ring substituents is 1. The Balaban J connectivity index is 1.97. The number of amides is 1. The van der Waals surface area contributed by atoms with Crippen molar-refractivity contribution in [1.29, 1.82) is 0 Å². The molecule has 27 heavy (non-hydrogen) atoms. The van der Waals surface area contributed by atoms with E-state index in [0.717, 1.165) is 6.07 Å². The SMILES string of the molecule is CC(C)(C)OC(=O)N1CCC(C(=O)Cc2c(F)cc([N+](=O)[O-])cc2Br)CC1. The van der Waals surface area contributed by atoms with Gasteiger partial charge in [0.25, 0.3) is 5.69 Å². The summed E-state index contributed by atoms with van der Waals surface area (Å²) in [5.41, 5.74) is -0.842.